The van der Waals surface area contributed by atoms with E-state index in [9.17, 15) is 0 Å². The lowest BCUT2D eigenvalue weighted by atomic mass is 9.97. The lowest BCUT2D eigenvalue weighted by Crippen LogP contribution is -1.89. The Morgan fingerprint density at radius 1 is 0.556 bits per heavy atom. The summed E-state index contributed by atoms with van der Waals surface area (Å²) in [5.41, 5.74) is 6.86. The Hall–Kier alpha value is -0.980. The first kappa shape index (κ1) is 13.5. The maximum atomic E-state index is 6.34. The molecular weight excluding hydrogens is 263 g/mol. The van der Waals surface area contributed by atoms with E-state index in [-0.39, 0.29) is 0 Å². The molecule has 2 rings (SSSR count). The monoisotopic (exact) mass is 278 g/mol. The van der Waals surface area contributed by atoms with Gasteiger partial charge in [-0.15, -0.1) is 0 Å². The number of halogens is 2. The van der Waals surface area contributed by atoms with Crippen molar-refractivity contribution in [2.75, 3.05) is 0 Å². The van der Waals surface area contributed by atoms with Crippen LogP contribution in [0.1, 0.15) is 22.3 Å². The SMILES string of the molecule is Cc1cc(Cl)c(-c2cc(C)c(C)cc2Cl)cc1C. The van der Waals surface area contributed by atoms with Crippen LogP contribution in [-0.2, 0) is 0 Å². The van der Waals surface area contributed by atoms with Crippen molar-refractivity contribution >= 4 is 23.2 Å². The van der Waals surface area contributed by atoms with Crippen molar-refractivity contribution in [3.05, 3.63) is 56.6 Å². The fourth-order valence-corrected chi connectivity index (χ4v) is 2.61. The van der Waals surface area contributed by atoms with Gasteiger partial charge in [0.2, 0.25) is 0 Å². The van der Waals surface area contributed by atoms with Gasteiger partial charge >= 0.3 is 0 Å². The Kier molecular flexibility index (Phi) is 3.70. The van der Waals surface area contributed by atoms with E-state index >= 15 is 0 Å². The maximum absolute atomic E-state index is 6.34. The minimum Gasteiger partial charge on any atom is -0.0837 e. The van der Waals surface area contributed by atoms with Gasteiger partial charge in [0.25, 0.3) is 0 Å². The number of hydrogen-bond donors (Lipinski definition) is 0. The van der Waals surface area contributed by atoms with Gasteiger partial charge in [0.1, 0.15) is 0 Å². The van der Waals surface area contributed by atoms with Crippen LogP contribution in [0.5, 0.6) is 0 Å². The minimum atomic E-state index is 0.753. The Morgan fingerprint density at radius 2 is 0.833 bits per heavy atom. The Bertz CT molecular complexity index is 557. The summed E-state index contributed by atoms with van der Waals surface area (Å²) < 4.78 is 0. The molecule has 94 valence electrons. The molecule has 0 saturated carbocycles. The molecule has 0 aromatic heterocycles. The first-order valence-corrected chi connectivity index (χ1v) is 6.69. The highest BCUT2D eigenvalue weighted by atomic mass is 35.5. The van der Waals surface area contributed by atoms with E-state index in [1.54, 1.807) is 0 Å². The molecule has 0 aliphatic heterocycles. The average Bonchev–Trinajstić information content (AvgIpc) is 2.29. The van der Waals surface area contributed by atoms with Gasteiger partial charge in [-0.25, -0.2) is 0 Å². The molecule has 0 unspecified atom stereocenters. The Balaban J connectivity index is 2.69. The van der Waals surface area contributed by atoms with Gasteiger partial charge in [0.15, 0.2) is 0 Å². The molecule has 0 spiro atoms. The van der Waals surface area contributed by atoms with Crippen LogP contribution in [0.15, 0.2) is 24.3 Å². The zero-order valence-corrected chi connectivity index (χ0v) is 12.6. The van der Waals surface area contributed by atoms with Crippen LogP contribution in [0, 0.1) is 27.7 Å². The van der Waals surface area contributed by atoms with Gasteiger partial charge in [0.05, 0.1) is 0 Å². The summed E-state index contributed by atoms with van der Waals surface area (Å²) in [6.07, 6.45) is 0. The van der Waals surface area contributed by atoms with Gasteiger partial charge in [-0.05, 0) is 74.2 Å². The molecular formula is C16H16Cl2. The van der Waals surface area contributed by atoms with Gasteiger partial charge in [-0.2, -0.15) is 0 Å². The summed E-state index contributed by atoms with van der Waals surface area (Å²) in [5.74, 6) is 0. The lowest BCUT2D eigenvalue weighted by Gasteiger charge is -2.12. The third-order valence-electron chi connectivity index (χ3n) is 3.46. The topological polar surface area (TPSA) is 0 Å². The van der Waals surface area contributed by atoms with Gasteiger partial charge in [-0.3, -0.25) is 0 Å². The van der Waals surface area contributed by atoms with Crippen molar-refractivity contribution in [1.29, 1.82) is 0 Å². The third-order valence-corrected chi connectivity index (χ3v) is 4.08. The molecule has 0 heterocycles. The molecule has 0 bridgehead atoms. The van der Waals surface area contributed by atoms with Crippen LogP contribution in [-0.4, -0.2) is 0 Å². The highest BCUT2D eigenvalue weighted by Crippen LogP contribution is 2.36. The first-order chi connectivity index (χ1) is 8.40. The molecule has 0 radical (unpaired) electrons. The highest BCUT2D eigenvalue weighted by Gasteiger charge is 2.11. The Morgan fingerprint density at radius 3 is 1.17 bits per heavy atom. The second-order valence-corrected chi connectivity index (χ2v) is 5.65. The molecule has 2 aromatic rings. The van der Waals surface area contributed by atoms with E-state index in [0.29, 0.717) is 0 Å². The first-order valence-electron chi connectivity index (χ1n) is 5.94. The summed E-state index contributed by atoms with van der Waals surface area (Å²) in [7, 11) is 0. The normalized spacial score (nSPS) is 10.8. The summed E-state index contributed by atoms with van der Waals surface area (Å²) in [6.45, 7) is 8.30. The molecule has 0 nitrogen and oxygen atoms in total. The zero-order valence-electron chi connectivity index (χ0n) is 11.1. The number of aryl methyl sites for hydroxylation is 4. The molecule has 0 aliphatic carbocycles. The van der Waals surface area contributed by atoms with Crippen molar-refractivity contribution in [1.82, 2.24) is 0 Å². The maximum Gasteiger partial charge on any atom is 0.0487 e. The van der Waals surface area contributed by atoms with Crippen LogP contribution in [0.3, 0.4) is 0 Å². The Labute approximate surface area is 119 Å². The second-order valence-electron chi connectivity index (χ2n) is 4.83. The van der Waals surface area contributed by atoms with Crippen LogP contribution in [0.2, 0.25) is 10.0 Å². The quantitative estimate of drug-likeness (QED) is 0.610. The molecule has 18 heavy (non-hydrogen) atoms. The van der Waals surface area contributed by atoms with E-state index < -0.39 is 0 Å². The largest absolute Gasteiger partial charge is 0.0837 e. The molecule has 0 saturated heterocycles. The number of benzene rings is 2. The van der Waals surface area contributed by atoms with Crippen LogP contribution in [0.25, 0.3) is 11.1 Å². The molecule has 2 aromatic carbocycles. The van der Waals surface area contributed by atoms with Crippen molar-refractivity contribution < 1.29 is 0 Å². The van der Waals surface area contributed by atoms with Crippen molar-refractivity contribution in [3.63, 3.8) is 0 Å². The average molecular weight is 279 g/mol. The highest BCUT2D eigenvalue weighted by molar-refractivity contribution is 6.36. The van der Waals surface area contributed by atoms with E-state index in [1.807, 2.05) is 12.1 Å². The predicted molar refractivity (Wildman–Crippen MR) is 80.8 cm³/mol. The van der Waals surface area contributed by atoms with E-state index in [2.05, 4.69) is 39.8 Å². The fraction of sp³-hybridized carbons (Fsp3) is 0.250. The third kappa shape index (κ3) is 2.41. The molecule has 0 fully saturated rings. The van der Waals surface area contributed by atoms with Gasteiger partial charge in [0, 0.05) is 21.2 Å². The van der Waals surface area contributed by atoms with E-state index in [1.165, 1.54) is 22.3 Å². The van der Waals surface area contributed by atoms with Crippen LogP contribution < -0.4 is 0 Å². The lowest BCUT2D eigenvalue weighted by molar-refractivity contribution is 1.32. The predicted octanol–water partition coefficient (Wildman–Crippen LogP) is 5.89. The summed E-state index contributed by atoms with van der Waals surface area (Å²) in [6, 6.07) is 8.21. The second kappa shape index (κ2) is 4.95. The molecule has 0 amide bonds. The van der Waals surface area contributed by atoms with E-state index in [4.69, 9.17) is 23.2 Å². The smallest absolute Gasteiger partial charge is 0.0487 e. The van der Waals surface area contributed by atoms with Gasteiger partial charge in [-0.1, -0.05) is 23.2 Å². The number of hydrogen-bond acceptors (Lipinski definition) is 0. The summed E-state index contributed by atoms with van der Waals surface area (Å²) >= 11 is 12.7. The van der Waals surface area contributed by atoms with Crippen molar-refractivity contribution in [2.45, 2.75) is 27.7 Å². The van der Waals surface area contributed by atoms with E-state index in [0.717, 1.165) is 21.2 Å². The zero-order chi connectivity index (χ0) is 13.4. The van der Waals surface area contributed by atoms with Crippen LogP contribution in [0.4, 0.5) is 0 Å². The van der Waals surface area contributed by atoms with Crippen molar-refractivity contribution in [2.24, 2.45) is 0 Å². The molecule has 2 heteroatoms. The fourth-order valence-electron chi connectivity index (χ4n) is 1.97. The standard InChI is InChI=1S/C16H16Cl2/c1-9-5-13(15(17)7-11(9)3)14-6-10(2)12(4)8-16(14)18/h5-8H,1-4H3. The summed E-state index contributed by atoms with van der Waals surface area (Å²) in [4.78, 5) is 0. The minimum absolute atomic E-state index is 0.753. The van der Waals surface area contributed by atoms with Gasteiger partial charge < -0.3 is 0 Å². The molecule has 0 atom stereocenters. The number of rotatable bonds is 1. The summed E-state index contributed by atoms with van der Waals surface area (Å²) in [5, 5.41) is 1.51. The molecule has 0 aliphatic rings. The molecule has 0 N–H and O–H groups in total. The van der Waals surface area contributed by atoms with Crippen molar-refractivity contribution in [3.8, 4) is 11.1 Å². The van der Waals surface area contributed by atoms with Crippen LogP contribution >= 0.6 is 23.2 Å².